The summed E-state index contributed by atoms with van der Waals surface area (Å²) in [4.78, 5) is 14.1. The van der Waals surface area contributed by atoms with Gasteiger partial charge in [0, 0.05) is 54.2 Å². The van der Waals surface area contributed by atoms with Crippen LogP contribution in [-0.2, 0) is 6.54 Å². The van der Waals surface area contributed by atoms with Crippen molar-refractivity contribution in [2.45, 2.75) is 25.4 Å². The van der Waals surface area contributed by atoms with Crippen molar-refractivity contribution in [3.8, 4) is 0 Å². The number of halogens is 1. The molecule has 96 valence electrons. The SMILES string of the molecule is O=C1Nc2ccccc2CN1C1CCN(I)CC1. The molecule has 0 radical (unpaired) electrons. The first-order valence-electron chi connectivity index (χ1n) is 6.30. The average molecular weight is 357 g/mol. The van der Waals surface area contributed by atoms with Crippen LogP contribution in [0.25, 0.3) is 0 Å². The number of nitrogens with zero attached hydrogens (tertiary/aromatic N) is 2. The summed E-state index contributed by atoms with van der Waals surface area (Å²) in [5.41, 5.74) is 2.18. The Morgan fingerprint density at radius 2 is 1.94 bits per heavy atom. The summed E-state index contributed by atoms with van der Waals surface area (Å²) in [6.45, 7) is 2.88. The number of carbonyl (C=O) groups is 1. The molecule has 2 amide bonds. The van der Waals surface area contributed by atoms with Gasteiger partial charge in [-0.3, -0.25) is 0 Å². The Morgan fingerprint density at radius 3 is 2.72 bits per heavy atom. The monoisotopic (exact) mass is 357 g/mol. The molecule has 3 rings (SSSR count). The van der Waals surface area contributed by atoms with Crippen LogP contribution >= 0.6 is 22.9 Å². The molecule has 4 nitrogen and oxygen atoms in total. The van der Waals surface area contributed by atoms with Crippen LogP contribution in [0.3, 0.4) is 0 Å². The van der Waals surface area contributed by atoms with Gasteiger partial charge in [-0.2, -0.15) is 0 Å². The van der Waals surface area contributed by atoms with Crippen molar-refractivity contribution in [1.82, 2.24) is 8.01 Å². The average Bonchev–Trinajstić information content (AvgIpc) is 2.39. The standard InChI is InChI=1S/C13H16IN3O/c14-16-7-5-11(6-8-16)17-9-10-3-1-2-4-12(10)15-13(17)18/h1-4,11H,5-9H2,(H,15,18). The molecule has 1 N–H and O–H groups in total. The van der Waals surface area contributed by atoms with Crippen LogP contribution in [-0.4, -0.2) is 33.2 Å². The van der Waals surface area contributed by atoms with Gasteiger partial charge in [0.2, 0.25) is 0 Å². The Labute approximate surface area is 121 Å². The Bertz CT molecular complexity index is 457. The van der Waals surface area contributed by atoms with Gasteiger partial charge in [0.1, 0.15) is 0 Å². The molecule has 0 aromatic heterocycles. The molecule has 2 aliphatic heterocycles. The number of anilines is 1. The van der Waals surface area contributed by atoms with E-state index < -0.39 is 0 Å². The molecule has 1 aromatic carbocycles. The molecule has 2 heterocycles. The van der Waals surface area contributed by atoms with E-state index in [2.05, 4.69) is 37.4 Å². The van der Waals surface area contributed by atoms with E-state index in [0.29, 0.717) is 6.04 Å². The quantitative estimate of drug-likeness (QED) is 0.620. The minimum Gasteiger partial charge on any atom is -0.317 e. The van der Waals surface area contributed by atoms with Crippen molar-refractivity contribution in [2.24, 2.45) is 0 Å². The fourth-order valence-electron chi connectivity index (χ4n) is 2.66. The van der Waals surface area contributed by atoms with E-state index >= 15 is 0 Å². The van der Waals surface area contributed by atoms with Crippen LogP contribution in [0.4, 0.5) is 10.5 Å². The molecule has 1 fully saturated rings. The Hall–Kier alpha value is -0.820. The number of fused-ring (bicyclic) bond motifs is 1. The Kier molecular flexibility index (Phi) is 3.43. The molecule has 18 heavy (non-hydrogen) atoms. The van der Waals surface area contributed by atoms with Crippen LogP contribution in [0.1, 0.15) is 18.4 Å². The summed E-state index contributed by atoms with van der Waals surface area (Å²) in [5.74, 6) is 0. The Morgan fingerprint density at radius 1 is 1.22 bits per heavy atom. The maximum Gasteiger partial charge on any atom is 0.322 e. The first kappa shape index (κ1) is 12.2. The van der Waals surface area contributed by atoms with Crippen LogP contribution in [0.2, 0.25) is 0 Å². The number of carbonyl (C=O) groups excluding carboxylic acids is 1. The summed E-state index contributed by atoms with van der Waals surface area (Å²) in [5, 5.41) is 2.99. The second-order valence-corrected chi connectivity index (χ2v) is 6.22. The smallest absolute Gasteiger partial charge is 0.317 e. The number of nitrogens with one attached hydrogen (secondary N) is 1. The number of urea groups is 1. The lowest BCUT2D eigenvalue weighted by Gasteiger charge is -2.39. The number of hydrogen-bond donors (Lipinski definition) is 1. The second kappa shape index (κ2) is 5.05. The molecule has 1 aromatic rings. The van der Waals surface area contributed by atoms with Gasteiger partial charge in [0.15, 0.2) is 0 Å². The summed E-state index contributed by atoms with van der Waals surface area (Å²) in [7, 11) is 0. The van der Waals surface area contributed by atoms with E-state index in [1.165, 1.54) is 5.56 Å². The lowest BCUT2D eigenvalue weighted by atomic mass is 10.0. The van der Waals surface area contributed by atoms with Gasteiger partial charge in [-0.25, -0.2) is 7.91 Å². The molecular weight excluding hydrogens is 341 g/mol. The maximum absolute atomic E-state index is 12.1. The zero-order valence-corrected chi connectivity index (χ0v) is 12.3. The summed E-state index contributed by atoms with van der Waals surface area (Å²) >= 11 is 2.36. The van der Waals surface area contributed by atoms with Crippen molar-refractivity contribution < 1.29 is 4.79 Å². The minimum absolute atomic E-state index is 0.0561. The van der Waals surface area contributed by atoms with E-state index in [1.54, 1.807) is 0 Å². The van der Waals surface area contributed by atoms with Gasteiger partial charge in [-0.15, -0.1) is 0 Å². The van der Waals surface area contributed by atoms with Crippen molar-refractivity contribution in [3.63, 3.8) is 0 Å². The normalized spacial score (nSPS) is 21.6. The van der Waals surface area contributed by atoms with Gasteiger partial charge in [-0.1, -0.05) is 18.2 Å². The van der Waals surface area contributed by atoms with Crippen LogP contribution in [0.5, 0.6) is 0 Å². The van der Waals surface area contributed by atoms with Gasteiger partial charge in [0.05, 0.1) is 0 Å². The summed E-state index contributed by atoms with van der Waals surface area (Å²) in [6, 6.07) is 8.49. The molecule has 0 atom stereocenters. The molecule has 1 saturated heterocycles. The molecule has 5 heteroatoms. The highest BCUT2D eigenvalue weighted by Gasteiger charge is 2.30. The molecule has 2 aliphatic rings. The first-order chi connectivity index (χ1) is 8.74. The predicted molar refractivity (Wildman–Crippen MR) is 79.6 cm³/mol. The van der Waals surface area contributed by atoms with Crippen molar-refractivity contribution in [1.29, 1.82) is 0 Å². The lowest BCUT2D eigenvalue weighted by Crippen LogP contribution is -2.48. The summed E-state index contributed by atoms with van der Waals surface area (Å²) < 4.78 is 2.30. The fourth-order valence-corrected chi connectivity index (χ4v) is 3.22. The van der Waals surface area contributed by atoms with Gasteiger partial charge < -0.3 is 10.2 Å². The highest BCUT2D eigenvalue weighted by Crippen LogP contribution is 2.27. The third-order valence-electron chi connectivity index (χ3n) is 3.71. The molecule has 0 spiro atoms. The highest BCUT2D eigenvalue weighted by molar-refractivity contribution is 14.1. The largest absolute Gasteiger partial charge is 0.322 e. The minimum atomic E-state index is 0.0561. The zero-order chi connectivity index (χ0) is 12.5. The fraction of sp³-hybridized carbons (Fsp3) is 0.462. The van der Waals surface area contributed by atoms with Gasteiger partial charge in [0.25, 0.3) is 0 Å². The number of para-hydroxylation sites is 1. The third kappa shape index (κ3) is 2.33. The number of piperidine rings is 1. The van der Waals surface area contributed by atoms with Crippen LogP contribution < -0.4 is 5.32 Å². The van der Waals surface area contributed by atoms with Crippen molar-refractivity contribution in [3.05, 3.63) is 29.8 Å². The number of hydrogen-bond acceptors (Lipinski definition) is 2. The molecule has 0 bridgehead atoms. The van der Waals surface area contributed by atoms with Gasteiger partial charge in [-0.05, 0) is 24.5 Å². The first-order valence-corrected chi connectivity index (χ1v) is 7.27. The van der Waals surface area contributed by atoms with Crippen molar-refractivity contribution >= 4 is 34.6 Å². The molecule has 0 saturated carbocycles. The van der Waals surface area contributed by atoms with E-state index in [4.69, 9.17) is 0 Å². The van der Waals surface area contributed by atoms with E-state index in [1.807, 2.05) is 23.1 Å². The third-order valence-corrected chi connectivity index (χ3v) is 4.68. The Balaban J connectivity index is 1.76. The topological polar surface area (TPSA) is 35.6 Å². The zero-order valence-electron chi connectivity index (χ0n) is 10.1. The van der Waals surface area contributed by atoms with E-state index in [9.17, 15) is 4.79 Å². The van der Waals surface area contributed by atoms with Crippen LogP contribution in [0.15, 0.2) is 24.3 Å². The molecule has 0 unspecified atom stereocenters. The molecule has 0 aliphatic carbocycles. The van der Waals surface area contributed by atoms with Crippen LogP contribution in [0, 0.1) is 0 Å². The van der Waals surface area contributed by atoms with E-state index in [0.717, 1.165) is 38.2 Å². The highest BCUT2D eigenvalue weighted by atomic mass is 127. The summed E-state index contributed by atoms with van der Waals surface area (Å²) in [6.07, 6.45) is 2.14. The maximum atomic E-state index is 12.1. The predicted octanol–water partition coefficient (Wildman–Crippen LogP) is 2.85. The van der Waals surface area contributed by atoms with E-state index in [-0.39, 0.29) is 6.03 Å². The number of amides is 2. The second-order valence-electron chi connectivity index (χ2n) is 4.86. The lowest BCUT2D eigenvalue weighted by molar-refractivity contribution is 0.154. The van der Waals surface area contributed by atoms with Crippen molar-refractivity contribution in [2.75, 3.05) is 18.4 Å². The number of rotatable bonds is 1. The molecular formula is C13H16IN3O. The number of benzene rings is 1. The van der Waals surface area contributed by atoms with Gasteiger partial charge >= 0.3 is 6.03 Å².